The van der Waals surface area contributed by atoms with Crippen molar-refractivity contribution >= 4 is 17.7 Å². The molecule has 2 rings (SSSR count). The molecule has 0 atom stereocenters. The van der Waals surface area contributed by atoms with Crippen LogP contribution in [0.1, 0.15) is 11.1 Å². The van der Waals surface area contributed by atoms with E-state index in [0.29, 0.717) is 18.1 Å². The highest BCUT2D eigenvalue weighted by molar-refractivity contribution is 7.99. The van der Waals surface area contributed by atoms with Gasteiger partial charge < -0.3 is 10.1 Å². The number of amides is 1. The quantitative estimate of drug-likeness (QED) is 0.850. The molecule has 0 saturated carbocycles. The molecule has 5 heteroatoms. The Balaban J connectivity index is 1.72. The summed E-state index contributed by atoms with van der Waals surface area (Å²) in [4.78, 5) is 11.7. The zero-order chi connectivity index (χ0) is 15.8. The summed E-state index contributed by atoms with van der Waals surface area (Å²) in [5.41, 5.74) is 1.90. The molecule has 0 heterocycles. The summed E-state index contributed by atoms with van der Waals surface area (Å²) in [7, 11) is 1.43. The number of hydrogen-bond donors (Lipinski definition) is 1. The topological polar surface area (TPSA) is 38.3 Å². The number of thioether (sulfide) groups is 1. The van der Waals surface area contributed by atoms with Crippen LogP contribution in [0.4, 0.5) is 4.39 Å². The van der Waals surface area contributed by atoms with E-state index in [4.69, 9.17) is 4.74 Å². The number of ether oxygens (including phenoxy) is 1. The Kier molecular flexibility index (Phi) is 6.27. The summed E-state index contributed by atoms with van der Waals surface area (Å²) in [6.45, 7) is 0.525. The molecule has 1 N–H and O–H groups in total. The van der Waals surface area contributed by atoms with E-state index in [9.17, 15) is 9.18 Å². The average Bonchev–Trinajstić information content (AvgIpc) is 2.54. The number of hydrogen-bond acceptors (Lipinski definition) is 3. The molecule has 0 aliphatic carbocycles. The van der Waals surface area contributed by atoms with Crippen LogP contribution in [0.2, 0.25) is 0 Å². The lowest BCUT2D eigenvalue weighted by molar-refractivity contribution is -0.118. The lowest BCUT2D eigenvalue weighted by atomic mass is 10.2. The first-order valence-electron chi connectivity index (χ1n) is 6.90. The molecular formula is C17H18FNO2S. The van der Waals surface area contributed by atoms with Gasteiger partial charge in [0, 0.05) is 12.3 Å². The minimum absolute atomic E-state index is 0.0252. The molecule has 1 amide bonds. The van der Waals surface area contributed by atoms with Gasteiger partial charge in [0.05, 0.1) is 12.9 Å². The van der Waals surface area contributed by atoms with E-state index in [0.717, 1.165) is 11.1 Å². The zero-order valence-electron chi connectivity index (χ0n) is 12.3. The first kappa shape index (κ1) is 16.4. The van der Waals surface area contributed by atoms with Crippen molar-refractivity contribution in [2.24, 2.45) is 0 Å². The Morgan fingerprint density at radius 2 is 1.95 bits per heavy atom. The highest BCUT2D eigenvalue weighted by atomic mass is 32.2. The highest BCUT2D eigenvalue weighted by Gasteiger charge is 2.05. The van der Waals surface area contributed by atoms with Crippen LogP contribution < -0.4 is 10.1 Å². The lowest BCUT2D eigenvalue weighted by Gasteiger charge is -2.06. The first-order valence-corrected chi connectivity index (χ1v) is 8.05. The third kappa shape index (κ3) is 5.07. The smallest absolute Gasteiger partial charge is 0.230 e. The number of nitrogens with one attached hydrogen (secondary N) is 1. The molecule has 0 bridgehead atoms. The van der Waals surface area contributed by atoms with Crippen LogP contribution in [0.15, 0.2) is 48.5 Å². The molecule has 22 heavy (non-hydrogen) atoms. The Hall–Kier alpha value is -2.01. The second-order valence-corrected chi connectivity index (χ2v) is 5.71. The predicted octanol–water partition coefficient (Wildman–Crippen LogP) is 3.38. The molecule has 3 nitrogen and oxygen atoms in total. The summed E-state index contributed by atoms with van der Waals surface area (Å²) in [6, 6.07) is 14.6. The fourth-order valence-electron chi connectivity index (χ4n) is 1.91. The van der Waals surface area contributed by atoms with Crippen molar-refractivity contribution in [1.29, 1.82) is 0 Å². The second kappa shape index (κ2) is 8.44. The minimum Gasteiger partial charge on any atom is -0.494 e. The Morgan fingerprint density at radius 3 is 2.64 bits per heavy atom. The van der Waals surface area contributed by atoms with E-state index < -0.39 is 0 Å². The van der Waals surface area contributed by atoms with Crippen LogP contribution in [0.25, 0.3) is 0 Å². The van der Waals surface area contributed by atoms with Gasteiger partial charge in [-0.05, 0) is 23.3 Å². The van der Waals surface area contributed by atoms with Crippen LogP contribution in [0.3, 0.4) is 0 Å². The van der Waals surface area contributed by atoms with Gasteiger partial charge in [-0.15, -0.1) is 11.8 Å². The van der Waals surface area contributed by atoms with Gasteiger partial charge in [0.1, 0.15) is 0 Å². The van der Waals surface area contributed by atoms with Gasteiger partial charge in [-0.2, -0.15) is 0 Å². The normalized spacial score (nSPS) is 10.3. The third-order valence-corrected chi connectivity index (χ3v) is 4.05. The number of halogens is 1. The number of carbonyl (C=O) groups excluding carboxylic acids is 1. The van der Waals surface area contributed by atoms with E-state index >= 15 is 0 Å². The summed E-state index contributed by atoms with van der Waals surface area (Å²) in [6.07, 6.45) is 0. The van der Waals surface area contributed by atoms with Gasteiger partial charge in [0.25, 0.3) is 0 Å². The van der Waals surface area contributed by atoms with Crippen molar-refractivity contribution in [3.05, 3.63) is 65.5 Å². The van der Waals surface area contributed by atoms with Crippen LogP contribution in [0, 0.1) is 5.82 Å². The maximum Gasteiger partial charge on any atom is 0.230 e. The van der Waals surface area contributed by atoms with Gasteiger partial charge in [0.2, 0.25) is 5.91 Å². The SMILES string of the molecule is COc1ccc(CSCC(=O)NCc2ccccc2)cc1F. The van der Waals surface area contributed by atoms with Gasteiger partial charge in [0.15, 0.2) is 11.6 Å². The standard InChI is InChI=1S/C17H18FNO2S/c1-21-16-8-7-14(9-15(16)18)11-22-12-17(20)19-10-13-5-3-2-4-6-13/h2-9H,10-12H2,1H3,(H,19,20). The summed E-state index contributed by atoms with van der Waals surface area (Å²) >= 11 is 1.45. The van der Waals surface area contributed by atoms with Gasteiger partial charge in [-0.3, -0.25) is 4.79 Å². The molecule has 0 aromatic heterocycles. The van der Waals surface area contributed by atoms with Gasteiger partial charge in [-0.1, -0.05) is 36.4 Å². The van der Waals surface area contributed by atoms with Crippen molar-refractivity contribution in [3.8, 4) is 5.75 Å². The molecule has 0 spiro atoms. The van der Waals surface area contributed by atoms with Crippen LogP contribution in [-0.4, -0.2) is 18.8 Å². The van der Waals surface area contributed by atoms with E-state index in [2.05, 4.69) is 5.32 Å². The van der Waals surface area contributed by atoms with Crippen LogP contribution >= 0.6 is 11.8 Å². The number of benzene rings is 2. The molecule has 0 aliphatic heterocycles. The largest absolute Gasteiger partial charge is 0.494 e. The maximum atomic E-state index is 13.5. The fraction of sp³-hybridized carbons (Fsp3) is 0.235. The molecular weight excluding hydrogens is 301 g/mol. The monoisotopic (exact) mass is 319 g/mol. The lowest BCUT2D eigenvalue weighted by Crippen LogP contribution is -2.24. The van der Waals surface area contributed by atoms with E-state index in [1.165, 1.54) is 24.9 Å². The second-order valence-electron chi connectivity index (χ2n) is 4.72. The number of methoxy groups -OCH3 is 1. The molecule has 0 unspecified atom stereocenters. The molecule has 2 aromatic rings. The third-order valence-electron chi connectivity index (χ3n) is 3.05. The van der Waals surface area contributed by atoms with Crippen molar-refractivity contribution < 1.29 is 13.9 Å². The predicted molar refractivity (Wildman–Crippen MR) is 87.4 cm³/mol. The van der Waals surface area contributed by atoms with E-state index in [1.54, 1.807) is 12.1 Å². The van der Waals surface area contributed by atoms with Gasteiger partial charge in [-0.25, -0.2) is 4.39 Å². The van der Waals surface area contributed by atoms with Crippen LogP contribution in [-0.2, 0) is 17.1 Å². The van der Waals surface area contributed by atoms with E-state index in [-0.39, 0.29) is 17.5 Å². The highest BCUT2D eigenvalue weighted by Crippen LogP contribution is 2.20. The summed E-state index contributed by atoms with van der Waals surface area (Å²) in [5, 5.41) is 2.86. The Bertz CT molecular complexity index is 619. The molecule has 116 valence electrons. The fourth-order valence-corrected chi connectivity index (χ4v) is 2.71. The minimum atomic E-state index is -0.380. The zero-order valence-corrected chi connectivity index (χ0v) is 13.2. The molecule has 0 fully saturated rings. The van der Waals surface area contributed by atoms with E-state index in [1.807, 2.05) is 30.3 Å². The number of carbonyl (C=O) groups is 1. The summed E-state index contributed by atoms with van der Waals surface area (Å²) in [5.74, 6) is 0.756. The molecule has 0 aliphatic rings. The number of rotatable bonds is 7. The van der Waals surface area contributed by atoms with Crippen molar-refractivity contribution in [2.75, 3.05) is 12.9 Å². The Labute approximate surface area is 133 Å². The van der Waals surface area contributed by atoms with Crippen LogP contribution in [0.5, 0.6) is 5.75 Å². The molecule has 0 radical (unpaired) electrons. The Morgan fingerprint density at radius 1 is 1.18 bits per heavy atom. The molecule has 0 saturated heterocycles. The van der Waals surface area contributed by atoms with Gasteiger partial charge >= 0.3 is 0 Å². The summed E-state index contributed by atoms with van der Waals surface area (Å²) < 4.78 is 18.4. The first-order chi connectivity index (χ1) is 10.7. The van der Waals surface area contributed by atoms with Crippen molar-refractivity contribution in [2.45, 2.75) is 12.3 Å². The maximum absolute atomic E-state index is 13.5. The van der Waals surface area contributed by atoms with Crippen molar-refractivity contribution in [1.82, 2.24) is 5.32 Å². The average molecular weight is 319 g/mol. The van der Waals surface area contributed by atoms with Crippen molar-refractivity contribution in [3.63, 3.8) is 0 Å². The molecule has 2 aromatic carbocycles.